The Bertz CT molecular complexity index is 2120. The van der Waals surface area contributed by atoms with Crippen LogP contribution in [0.5, 0.6) is 0 Å². The Kier molecular flexibility index (Phi) is 5.50. The summed E-state index contributed by atoms with van der Waals surface area (Å²) in [6.07, 6.45) is 0. The second-order valence-electron chi connectivity index (χ2n) is 9.58. The van der Waals surface area contributed by atoms with Gasteiger partial charge in [0, 0.05) is 21.7 Å². The van der Waals surface area contributed by atoms with Crippen molar-refractivity contribution < 1.29 is 8.42 Å². The third-order valence-corrected chi connectivity index (χ3v) is 9.03. The second-order valence-corrected chi connectivity index (χ2v) is 11.5. The predicted molar refractivity (Wildman–Crippen MR) is 160 cm³/mol. The van der Waals surface area contributed by atoms with E-state index in [1.807, 2.05) is 54.6 Å². The zero-order valence-corrected chi connectivity index (χ0v) is 21.8. The molecule has 0 unspecified atom stereocenters. The van der Waals surface area contributed by atoms with Gasteiger partial charge in [-0.25, -0.2) is 13.4 Å². The Hall–Kier alpha value is -4.80. The molecule has 0 saturated heterocycles. The minimum Gasteiger partial charge on any atom is -0.247 e. The Morgan fingerprint density at radius 1 is 0.462 bits per heavy atom. The number of nitrogens with zero attached hydrogens (tertiary/aromatic N) is 1. The first-order valence-electron chi connectivity index (χ1n) is 12.8. The molecule has 0 aliphatic carbocycles. The highest BCUT2D eigenvalue weighted by atomic mass is 32.2. The van der Waals surface area contributed by atoms with E-state index in [2.05, 4.69) is 48.5 Å². The molecule has 6 aromatic carbocycles. The number of hydrogen-bond donors (Lipinski definition) is 0. The maximum absolute atomic E-state index is 13.5. The zero-order chi connectivity index (χ0) is 26.4. The second kappa shape index (κ2) is 9.19. The molecule has 0 saturated carbocycles. The molecule has 0 amide bonds. The van der Waals surface area contributed by atoms with E-state index in [4.69, 9.17) is 4.98 Å². The highest BCUT2D eigenvalue weighted by Crippen LogP contribution is 2.42. The Morgan fingerprint density at radius 2 is 1.05 bits per heavy atom. The number of hydrogen-bond acceptors (Lipinski definition) is 3. The molecule has 39 heavy (non-hydrogen) atoms. The van der Waals surface area contributed by atoms with Crippen LogP contribution in [-0.2, 0) is 9.84 Å². The van der Waals surface area contributed by atoms with Crippen LogP contribution in [-0.4, -0.2) is 13.4 Å². The van der Waals surface area contributed by atoms with E-state index in [-0.39, 0.29) is 9.79 Å². The standard InChI is InChI=1S/C35H23NO2S/c37-39(38,26-15-5-2-6-16-26)27-17-11-14-25(22-27)31-23-32-34(29-19-8-7-18-28(29)31)30-20-9-10-21-33(30)36-35(32)24-12-3-1-4-13-24/h1-23H. The summed E-state index contributed by atoms with van der Waals surface area (Å²) in [5, 5.41) is 5.44. The van der Waals surface area contributed by atoms with Gasteiger partial charge in [-0.1, -0.05) is 103 Å². The number of pyridine rings is 1. The van der Waals surface area contributed by atoms with Crippen molar-refractivity contribution in [3.63, 3.8) is 0 Å². The molecule has 1 aromatic heterocycles. The Morgan fingerprint density at radius 3 is 1.82 bits per heavy atom. The van der Waals surface area contributed by atoms with Crippen molar-refractivity contribution in [3.05, 3.63) is 140 Å². The molecule has 0 aliphatic rings. The topological polar surface area (TPSA) is 47.0 Å². The monoisotopic (exact) mass is 521 g/mol. The van der Waals surface area contributed by atoms with Crippen molar-refractivity contribution >= 4 is 42.3 Å². The minimum absolute atomic E-state index is 0.273. The Balaban J connectivity index is 1.57. The van der Waals surface area contributed by atoms with Crippen LogP contribution in [0.4, 0.5) is 0 Å². The van der Waals surface area contributed by atoms with Gasteiger partial charge in [0.2, 0.25) is 9.84 Å². The number of benzene rings is 6. The van der Waals surface area contributed by atoms with E-state index in [0.717, 1.165) is 54.8 Å². The van der Waals surface area contributed by atoms with E-state index >= 15 is 0 Å². The molecule has 0 spiro atoms. The van der Waals surface area contributed by atoms with E-state index in [0.29, 0.717) is 0 Å². The lowest BCUT2D eigenvalue weighted by atomic mass is 9.90. The fraction of sp³-hybridized carbons (Fsp3) is 0. The van der Waals surface area contributed by atoms with Gasteiger partial charge >= 0.3 is 0 Å². The van der Waals surface area contributed by atoms with Crippen molar-refractivity contribution in [1.29, 1.82) is 0 Å². The SMILES string of the molecule is O=S(=O)(c1ccccc1)c1cccc(-c2cc3c(-c4ccccc4)nc4ccccc4c3c3ccccc23)c1. The number of aromatic nitrogens is 1. The van der Waals surface area contributed by atoms with Gasteiger partial charge in [0.15, 0.2) is 0 Å². The van der Waals surface area contributed by atoms with Crippen molar-refractivity contribution in [3.8, 4) is 22.4 Å². The molecule has 0 radical (unpaired) electrons. The van der Waals surface area contributed by atoms with Crippen LogP contribution in [0.3, 0.4) is 0 Å². The van der Waals surface area contributed by atoms with Gasteiger partial charge in [-0.15, -0.1) is 0 Å². The first kappa shape index (κ1) is 23.3. The maximum atomic E-state index is 13.5. The van der Waals surface area contributed by atoms with Crippen molar-refractivity contribution in [2.75, 3.05) is 0 Å². The minimum atomic E-state index is -3.66. The predicted octanol–water partition coefficient (Wildman–Crippen LogP) is 8.71. The summed E-state index contributed by atoms with van der Waals surface area (Å²) in [4.78, 5) is 5.67. The van der Waals surface area contributed by atoms with Crippen LogP contribution in [0.2, 0.25) is 0 Å². The molecule has 7 aromatic rings. The normalized spacial score (nSPS) is 11.8. The molecule has 0 atom stereocenters. The van der Waals surface area contributed by atoms with Gasteiger partial charge in [0.05, 0.1) is 21.0 Å². The van der Waals surface area contributed by atoms with E-state index in [9.17, 15) is 8.42 Å². The molecule has 186 valence electrons. The molecular weight excluding hydrogens is 498 g/mol. The largest absolute Gasteiger partial charge is 0.247 e. The molecule has 3 nitrogen and oxygen atoms in total. The third-order valence-electron chi connectivity index (χ3n) is 7.26. The van der Waals surface area contributed by atoms with Gasteiger partial charge < -0.3 is 0 Å². The summed E-state index contributed by atoms with van der Waals surface area (Å²) in [5.74, 6) is 0. The van der Waals surface area contributed by atoms with Crippen molar-refractivity contribution in [1.82, 2.24) is 4.98 Å². The number of sulfone groups is 1. The summed E-state index contributed by atoms with van der Waals surface area (Å²) in [6.45, 7) is 0. The van der Waals surface area contributed by atoms with Crippen LogP contribution in [0.25, 0.3) is 54.8 Å². The molecule has 0 aliphatic heterocycles. The smallest absolute Gasteiger partial charge is 0.206 e. The van der Waals surface area contributed by atoms with Gasteiger partial charge in [0.1, 0.15) is 0 Å². The summed E-state index contributed by atoms with van der Waals surface area (Å²) >= 11 is 0. The summed E-state index contributed by atoms with van der Waals surface area (Å²) in [6, 6.07) is 44.8. The summed E-state index contributed by atoms with van der Waals surface area (Å²) in [7, 11) is -3.66. The lowest BCUT2D eigenvalue weighted by Crippen LogP contribution is -2.02. The summed E-state index contributed by atoms with van der Waals surface area (Å²) < 4.78 is 26.9. The van der Waals surface area contributed by atoms with Crippen molar-refractivity contribution in [2.45, 2.75) is 9.79 Å². The van der Waals surface area contributed by atoms with Gasteiger partial charge in [-0.2, -0.15) is 0 Å². The molecule has 4 heteroatoms. The molecule has 7 rings (SSSR count). The lowest BCUT2D eigenvalue weighted by molar-refractivity contribution is 0.596. The van der Waals surface area contributed by atoms with Crippen molar-refractivity contribution in [2.24, 2.45) is 0 Å². The van der Waals surface area contributed by atoms with Gasteiger partial charge in [0.25, 0.3) is 0 Å². The lowest BCUT2D eigenvalue weighted by Gasteiger charge is -2.16. The van der Waals surface area contributed by atoms with Crippen LogP contribution in [0, 0.1) is 0 Å². The maximum Gasteiger partial charge on any atom is 0.206 e. The zero-order valence-electron chi connectivity index (χ0n) is 21.0. The third kappa shape index (κ3) is 3.89. The number of para-hydroxylation sites is 1. The molecule has 0 fully saturated rings. The average molecular weight is 522 g/mol. The fourth-order valence-electron chi connectivity index (χ4n) is 5.44. The fourth-order valence-corrected chi connectivity index (χ4v) is 6.76. The molecular formula is C35H23NO2S. The molecule has 0 bridgehead atoms. The highest BCUT2D eigenvalue weighted by molar-refractivity contribution is 7.91. The van der Waals surface area contributed by atoms with E-state index in [1.54, 1.807) is 36.4 Å². The van der Waals surface area contributed by atoms with E-state index < -0.39 is 9.84 Å². The molecule has 0 N–H and O–H groups in total. The van der Waals surface area contributed by atoms with Crippen LogP contribution < -0.4 is 0 Å². The first-order valence-corrected chi connectivity index (χ1v) is 14.3. The number of fused-ring (bicyclic) bond motifs is 5. The van der Waals surface area contributed by atoms with Gasteiger partial charge in [-0.3, -0.25) is 0 Å². The van der Waals surface area contributed by atoms with Gasteiger partial charge in [-0.05, 0) is 58.3 Å². The quantitative estimate of drug-likeness (QED) is 0.218. The average Bonchev–Trinajstić information content (AvgIpc) is 3.01. The Labute approximate surface area is 226 Å². The van der Waals surface area contributed by atoms with Crippen LogP contribution >= 0.6 is 0 Å². The van der Waals surface area contributed by atoms with Crippen LogP contribution in [0.1, 0.15) is 0 Å². The van der Waals surface area contributed by atoms with E-state index in [1.165, 1.54) is 0 Å². The highest BCUT2D eigenvalue weighted by Gasteiger charge is 2.20. The summed E-state index contributed by atoms with van der Waals surface area (Å²) in [5.41, 5.74) is 4.70. The molecule has 1 heterocycles. The van der Waals surface area contributed by atoms with Crippen LogP contribution in [0.15, 0.2) is 149 Å². The first-order chi connectivity index (χ1) is 19.1. The number of rotatable bonds is 4.